The second-order valence-electron chi connectivity index (χ2n) is 6.74. The summed E-state index contributed by atoms with van der Waals surface area (Å²) in [7, 11) is 0. The fraction of sp³-hybridized carbons (Fsp3) is 0.938. The fourth-order valence-corrected chi connectivity index (χ4v) is 4.20. The molecule has 116 valence electrons. The highest BCUT2D eigenvalue weighted by Crippen LogP contribution is 2.35. The normalized spacial score (nSPS) is 33.2. The van der Waals surface area contributed by atoms with Crippen molar-refractivity contribution in [1.82, 2.24) is 4.90 Å². The lowest BCUT2D eigenvalue weighted by molar-refractivity contribution is -0.123. The summed E-state index contributed by atoms with van der Waals surface area (Å²) in [5.41, 5.74) is 11.4. The third-order valence-corrected chi connectivity index (χ3v) is 5.47. The summed E-state index contributed by atoms with van der Waals surface area (Å²) in [6.07, 6.45) is 8.44. The van der Waals surface area contributed by atoms with E-state index in [4.69, 9.17) is 11.5 Å². The summed E-state index contributed by atoms with van der Waals surface area (Å²) in [4.78, 5) is 13.9. The number of amides is 1. The van der Waals surface area contributed by atoms with Crippen LogP contribution >= 0.6 is 0 Å². The van der Waals surface area contributed by atoms with Crippen molar-refractivity contribution in [2.75, 3.05) is 19.6 Å². The van der Waals surface area contributed by atoms with Crippen molar-refractivity contribution >= 4 is 5.91 Å². The molecule has 1 saturated heterocycles. The first-order valence-corrected chi connectivity index (χ1v) is 8.39. The highest BCUT2D eigenvalue weighted by molar-refractivity contribution is 5.76. The molecule has 2 aliphatic rings. The molecule has 3 atom stereocenters. The van der Waals surface area contributed by atoms with Crippen molar-refractivity contribution < 1.29 is 4.79 Å². The topological polar surface area (TPSA) is 72.3 Å². The SMILES string of the molecule is CCCC1CCC(CN)C(N2CCC(C(N)=O)CC2)C1. The quantitative estimate of drug-likeness (QED) is 0.806. The van der Waals surface area contributed by atoms with Crippen LogP contribution in [-0.4, -0.2) is 36.5 Å². The monoisotopic (exact) mass is 281 g/mol. The predicted octanol–water partition coefficient (Wildman–Crippen LogP) is 1.73. The van der Waals surface area contributed by atoms with Gasteiger partial charge in [0.1, 0.15) is 0 Å². The molecule has 0 bridgehead atoms. The summed E-state index contributed by atoms with van der Waals surface area (Å²) in [6.45, 7) is 5.13. The van der Waals surface area contributed by atoms with Gasteiger partial charge in [0.2, 0.25) is 5.91 Å². The lowest BCUT2D eigenvalue weighted by Gasteiger charge is -2.45. The van der Waals surface area contributed by atoms with Crippen molar-refractivity contribution in [1.29, 1.82) is 0 Å². The van der Waals surface area contributed by atoms with Crippen LogP contribution < -0.4 is 11.5 Å². The van der Waals surface area contributed by atoms with Crippen LogP contribution in [0.3, 0.4) is 0 Å². The molecule has 1 aliphatic carbocycles. The first kappa shape index (κ1) is 15.8. The Kier molecular flexibility index (Phi) is 5.85. The molecule has 2 rings (SSSR count). The smallest absolute Gasteiger partial charge is 0.220 e. The molecule has 0 aromatic rings. The van der Waals surface area contributed by atoms with Gasteiger partial charge in [0.05, 0.1) is 0 Å². The Labute approximate surface area is 123 Å². The maximum atomic E-state index is 11.3. The van der Waals surface area contributed by atoms with Crippen molar-refractivity contribution in [3.05, 3.63) is 0 Å². The van der Waals surface area contributed by atoms with Crippen LogP contribution in [0.15, 0.2) is 0 Å². The zero-order valence-corrected chi connectivity index (χ0v) is 12.9. The lowest BCUT2D eigenvalue weighted by atomic mass is 9.75. The Morgan fingerprint density at radius 2 is 1.90 bits per heavy atom. The van der Waals surface area contributed by atoms with Crippen molar-refractivity contribution in [3.8, 4) is 0 Å². The fourth-order valence-electron chi connectivity index (χ4n) is 4.20. The van der Waals surface area contributed by atoms with E-state index in [1.807, 2.05) is 0 Å². The van der Waals surface area contributed by atoms with E-state index in [1.54, 1.807) is 0 Å². The summed E-state index contributed by atoms with van der Waals surface area (Å²) in [5, 5.41) is 0. The van der Waals surface area contributed by atoms with Crippen LogP contribution in [-0.2, 0) is 4.79 Å². The molecule has 4 nitrogen and oxygen atoms in total. The Hall–Kier alpha value is -0.610. The van der Waals surface area contributed by atoms with E-state index in [0.29, 0.717) is 12.0 Å². The number of rotatable bonds is 5. The Morgan fingerprint density at radius 1 is 1.20 bits per heavy atom. The van der Waals surface area contributed by atoms with Crippen LogP contribution in [0.4, 0.5) is 0 Å². The van der Waals surface area contributed by atoms with Gasteiger partial charge in [-0.25, -0.2) is 0 Å². The molecule has 2 fully saturated rings. The number of carbonyl (C=O) groups is 1. The summed E-state index contributed by atoms with van der Waals surface area (Å²) in [6, 6.07) is 0.638. The van der Waals surface area contributed by atoms with Gasteiger partial charge in [-0.05, 0) is 57.2 Å². The van der Waals surface area contributed by atoms with E-state index in [2.05, 4.69) is 11.8 Å². The molecule has 0 aromatic heterocycles. The number of primary amides is 1. The van der Waals surface area contributed by atoms with Crippen LogP contribution in [0.25, 0.3) is 0 Å². The average molecular weight is 281 g/mol. The van der Waals surface area contributed by atoms with Gasteiger partial charge < -0.3 is 16.4 Å². The standard InChI is InChI=1S/C16H31N3O/c1-2-3-12-4-5-14(11-17)15(10-12)19-8-6-13(7-9-19)16(18)20/h12-15H,2-11,17H2,1H3,(H2,18,20). The van der Waals surface area contributed by atoms with E-state index in [0.717, 1.165) is 38.4 Å². The molecule has 0 radical (unpaired) electrons. The first-order valence-electron chi connectivity index (χ1n) is 8.39. The highest BCUT2D eigenvalue weighted by atomic mass is 16.1. The molecule has 3 unspecified atom stereocenters. The molecule has 4 N–H and O–H groups in total. The molecular weight excluding hydrogens is 250 g/mol. The minimum Gasteiger partial charge on any atom is -0.369 e. The summed E-state index contributed by atoms with van der Waals surface area (Å²) >= 11 is 0. The molecule has 1 saturated carbocycles. The molecule has 0 aromatic carbocycles. The highest BCUT2D eigenvalue weighted by Gasteiger charge is 2.35. The Morgan fingerprint density at radius 3 is 2.45 bits per heavy atom. The average Bonchev–Trinajstić information content (AvgIpc) is 2.47. The van der Waals surface area contributed by atoms with Crippen LogP contribution in [0.5, 0.6) is 0 Å². The van der Waals surface area contributed by atoms with Gasteiger partial charge in [-0.2, -0.15) is 0 Å². The second kappa shape index (κ2) is 7.41. The maximum absolute atomic E-state index is 11.3. The molecule has 1 aliphatic heterocycles. The maximum Gasteiger partial charge on any atom is 0.220 e. The van der Waals surface area contributed by atoms with E-state index in [-0.39, 0.29) is 11.8 Å². The lowest BCUT2D eigenvalue weighted by Crippen LogP contribution is -2.50. The largest absolute Gasteiger partial charge is 0.369 e. The van der Waals surface area contributed by atoms with Crippen LogP contribution in [0.1, 0.15) is 51.9 Å². The van der Waals surface area contributed by atoms with Gasteiger partial charge in [-0.15, -0.1) is 0 Å². The van der Waals surface area contributed by atoms with E-state index in [9.17, 15) is 4.79 Å². The minimum atomic E-state index is -0.118. The Balaban J connectivity index is 1.92. The number of carbonyl (C=O) groups excluding carboxylic acids is 1. The van der Waals surface area contributed by atoms with Gasteiger partial charge in [0.15, 0.2) is 0 Å². The summed E-state index contributed by atoms with van der Waals surface area (Å²) < 4.78 is 0. The number of nitrogens with zero attached hydrogens (tertiary/aromatic N) is 1. The number of nitrogens with two attached hydrogens (primary N) is 2. The molecule has 1 heterocycles. The number of likely N-dealkylation sites (tertiary alicyclic amines) is 1. The molecule has 20 heavy (non-hydrogen) atoms. The zero-order valence-electron chi connectivity index (χ0n) is 12.9. The molecule has 4 heteroatoms. The molecular formula is C16H31N3O. The van der Waals surface area contributed by atoms with Crippen LogP contribution in [0.2, 0.25) is 0 Å². The van der Waals surface area contributed by atoms with Gasteiger partial charge >= 0.3 is 0 Å². The van der Waals surface area contributed by atoms with Crippen molar-refractivity contribution in [2.24, 2.45) is 29.2 Å². The van der Waals surface area contributed by atoms with Gasteiger partial charge in [0.25, 0.3) is 0 Å². The third-order valence-electron chi connectivity index (χ3n) is 5.47. The zero-order chi connectivity index (χ0) is 14.5. The van der Waals surface area contributed by atoms with Gasteiger partial charge in [-0.1, -0.05) is 26.2 Å². The van der Waals surface area contributed by atoms with Gasteiger partial charge in [0, 0.05) is 12.0 Å². The molecule has 0 spiro atoms. The Bertz CT molecular complexity index is 313. The van der Waals surface area contributed by atoms with Crippen molar-refractivity contribution in [3.63, 3.8) is 0 Å². The van der Waals surface area contributed by atoms with E-state index in [1.165, 1.54) is 32.1 Å². The number of hydrogen-bond acceptors (Lipinski definition) is 3. The van der Waals surface area contributed by atoms with Crippen molar-refractivity contribution in [2.45, 2.75) is 57.9 Å². The molecule has 1 amide bonds. The predicted molar refractivity (Wildman–Crippen MR) is 82.1 cm³/mol. The van der Waals surface area contributed by atoms with E-state index >= 15 is 0 Å². The number of hydrogen-bond donors (Lipinski definition) is 2. The second-order valence-corrected chi connectivity index (χ2v) is 6.74. The van der Waals surface area contributed by atoms with E-state index < -0.39 is 0 Å². The minimum absolute atomic E-state index is 0.0950. The third kappa shape index (κ3) is 3.73. The number of piperidine rings is 1. The summed E-state index contributed by atoms with van der Waals surface area (Å²) in [5.74, 6) is 1.50. The van der Waals surface area contributed by atoms with Crippen LogP contribution in [0, 0.1) is 17.8 Å². The van der Waals surface area contributed by atoms with Gasteiger partial charge in [-0.3, -0.25) is 4.79 Å². The first-order chi connectivity index (χ1) is 9.65.